The van der Waals surface area contributed by atoms with Crippen LogP contribution in [-0.2, 0) is 4.79 Å². The van der Waals surface area contributed by atoms with E-state index in [0.29, 0.717) is 34.7 Å². The number of carbonyl (C=O) groups is 3. The number of hydrogen-bond donors (Lipinski definition) is 0. The maximum Gasteiger partial charge on any atom is 0.293 e. The molecule has 0 aromatic heterocycles. The number of ketones is 1. The summed E-state index contributed by atoms with van der Waals surface area (Å²) in [7, 11) is 0. The van der Waals surface area contributed by atoms with Crippen LogP contribution in [0.4, 0.5) is 10.5 Å². The predicted octanol–water partition coefficient (Wildman–Crippen LogP) is 5.07. The summed E-state index contributed by atoms with van der Waals surface area (Å²) in [5.74, 6) is -0.0648. The highest BCUT2D eigenvalue weighted by Crippen LogP contribution is 2.39. The Balaban J connectivity index is 1.80. The lowest BCUT2D eigenvalue weighted by Gasteiger charge is -2.13. The van der Waals surface area contributed by atoms with Crippen molar-refractivity contribution in [2.45, 2.75) is 13.8 Å². The first-order valence-electron chi connectivity index (χ1n) is 9.87. The van der Waals surface area contributed by atoms with E-state index in [1.54, 1.807) is 18.2 Å². The van der Waals surface area contributed by atoms with Crippen LogP contribution < -0.4 is 9.47 Å². The lowest BCUT2D eigenvalue weighted by atomic mass is 10.1. The summed E-state index contributed by atoms with van der Waals surface area (Å²) in [6.45, 7) is 4.08. The monoisotopic (exact) mass is 534 g/mol. The molecule has 2 aromatic rings. The minimum atomic E-state index is -0.594. The van der Waals surface area contributed by atoms with Gasteiger partial charge in [-0.15, -0.1) is 0 Å². The Morgan fingerprint density at radius 1 is 1.15 bits per heavy atom. The Hall–Kier alpha value is -3.18. The number of halogens is 1. The zero-order valence-electron chi connectivity index (χ0n) is 17.7. The number of ether oxygens (including phenoxy) is 2. The average molecular weight is 535 g/mol. The van der Waals surface area contributed by atoms with Crippen molar-refractivity contribution >= 4 is 56.4 Å². The smallest absolute Gasteiger partial charge is 0.293 e. The topological polar surface area (TPSA) is 116 Å². The number of hydrogen-bond acceptors (Lipinski definition) is 8. The Bertz CT molecular complexity index is 1150. The van der Waals surface area contributed by atoms with Crippen LogP contribution in [0.25, 0.3) is 6.08 Å². The molecule has 3 rings (SSSR count). The van der Waals surface area contributed by atoms with Gasteiger partial charge in [-0.2, -0.15) is 0 Å². The van der Waals surface area contributed by atoms with Crippen LogP contribution in [0.15, 0.2) is 45.8 Å². The molecule has 0 atom stereocenters. The molecule has 2 amide bonds. The van der Waals surface area contributed by atoms with Crippen molar-refractivity contribution in [3.8, 4) is 11.5 Å². The van der Waals surface area contributed by atoms with Crippen molar-refractivity contribution in [1.29, 1.82) is 0 Å². The molecule has 0 radical (unpaired) electrons. The van der Waals surface area contributed by atoms with E-state index in [1.165, 1.54) is 24.3 Å². The van der Waals surface area contributed by atoms with Gasteiger partial charge < -0.3 is 9.47 Å². The number of imide groups is 1. The molecule has 172 valence electrons. The summed E-state index contributed by atoms with van der Waals surface area (Å²) in [4.78, 5) is 48.9. The Kier molecular flexibility index (Phi) is 7.88. The number of nitro groups is 1. The first kappa shape index (κ1) is 24.5. The van der Waals surface area contributed by atoms with Crippen LogP contribution in [0.1, 0.15) is 29.8 Å². The molecule has 1 aliphatic heterocycles. The van der Waals surface area contributed by atoms with E-state index >= 15 is 0 Å². The fourth-order valence-corrected chi connectivity index (χ4v) is 4.42. The van der Waals surface area contributed by atoms with Crippen molar-refractivity contribution in [3.63, 3.8) is 0 Å². The minimum Gasteiger partial charge on any atom is -0.490 e. The fourth-order valence-electron chi connectivity index (χ4n) is 3.01. The van der Waals surface area contributed by atoms with Gasteiger partial charge in [-0.25, -0.2) is 0 Å². The van der Waals surface area contributed by atoms with Crippen molar-refractivity contribution in [2.24, 2.45) is 0 Å². The first-order valence-corrected chi connectivity index (χ1v) is 11.5. The molecule has 9 nitrogen and oxygen atoms in total. The molecule has 0 unspecified atom stereocenters. The van der Waals surface area contributed by atoms with Gasteiger partial charge in [-0.1, -0.05) is 0 Å². The molecule has 1 fully saturated rings. The molecular weight excluding hydrogens is 516 g/mol. The van der Waals surface area contributed by atoms with E-state index in [4.69, 9.17) is 9.47 Å². The zero-order valence-corrected chi connectivity index (χ0v) is 20.1. The largest absolute Gasteiger partial charge is 0.490 e. The average Bonchev–Trinajstić information content (AvgIpc) is 3.03. The van der Waals surface area contributed by atoms with Crippen LogP contribution in [0, 0.1) is 10.1 Å². The Labute approximate surface area is 202 Å². The van der Waals surface area contributed by atoms with Gasteiger partial charge in [0.1, 0.15) is 0 Å². The van der Waals surface area contributed by atoms with Gasteiger partial charge in [0.15, 0.2) is 17.3 Å². The minimum absolute atomic E-state index is 0.159. The van der Waals surface area contributed by atoms with Gasteiger partial charge >= 0.3 is 0 Å². The second-order valence-corrected chi connectivity index (χ2v) is 8.54. The van der Waals surface area contributed by atoms with E-state index in [-0.39, 0.29) is 16.2 Å². The molecule has 33 heavy (non-hydrogen) atoms. The number of Topliss-reactive ketones (excluding diaryl/α,β-unsaturated/α-hetero) is 1. The number of amides is 2. The second-order valence-electron chi connectivity index (χ2n) is 6.69. The molecule has 2 aromatic carbocycles. The second kappa shape index (κ2) is 10.6. The third kappa shape index (κ3) is 5.60. The van der Waals surface area contributed by atoms with Gasteiger partial charge in [0, 0.05) is 17.7 Å². The molecule has 0 spiro atoms. The van der Waals surface area contributed by atoms with Gasteiger partial charge in [0.2, 0.25) is 0 Å². The molecular formula is C22H19BrN2O7S. The molecule has 1 heterocycles. The van der Waals surface area contributed by atoms with Gasteiger partial charge in [-0.05, 0) is 77.4 Å². The zero-order chi connectivity index (χ0) is 24.1. The van der Waals surface area contributed by atoms with Crippen LogP contribution in [0.3, 0.4) is 0 Å². The molecule has 1 aliphatic rings. The van der Waals surface area contributed by atoms with Crippen LogP contribution in [-0.4, -0.2) is 46.5 Å². The quantitative estimate of drug-likeness (QED) is 0.189. The van der Waals surface area contributed by atoms with E-state index in [2.05, 4.69) is 15.9 Å². The number of thioether (sulfide) groups is 1. The number of nitrogens with zero attached hydrogens (tertiary/aromatic N) is 2. The van der Waals surface area contributed by atoms with Crippen molar-refractivity contribution in [1.82, 2.24) is 4.90 Å². The summed E-state index contributed by atoms with van der Waals surface area (Å²) in [6.07, 6.45) is 1.55. The maximum absolute atomic E-state index is 12.8. The highest BCUT2D eigenvalue weighted by molar-refractivity contribution is 9.10. The third-order valence-corrected chi connectivity index (χ3v) is 5.99. The SMILES string of the molecule is CCOc1cc(/C=C2/SC(=O)N(CC(=O)c3ccc([N+](=O)[O-])cc3)C2=O)cc(Br)c1OCC. The molecule has 11 heteroatoms. The molecule has 0 N–H and O–H groups in total. The van der Waals surface area contributed by atoms with Crippen LogP contribution >= 0.6 is 27.7 Å². The van der Waals surface area contributed by atoms with E-state index < -0.39 is 28.4 Å². The first-order chi connectivity index (χ1) is 15.7. The predicted molar refractivity (Wildman–Crippen MR) is 127 cm³/mol. The van der Waals surface area contributed by atoms with Crippen LogP contribution in [0.5, 0.6) is 11.5 Å². The van der Waals surface area contributed by atoms with Gasteiger partial charge in [0.25, 0.3) is 16.8 Å². The standard InChI is InChI=1S/C22H19BrN2O7S/c1-3-31-18-10-13(9-16(23)20(18)32-4-2)11-19-21(27)24(22(28)33-19)12-17(26)14-5-7-15(8-6-14)25(29)30/h5-11H,3-4,12H2,1-2H3/b19-11+. The summed E-state index contributed by atoms with van der Waals surface area (Å²) < 4.78 is 11.9. The number of rotatable bonds is 9. The van der Waals surface area contributed by atoms with Gasteiger partial charge in [0.05, 0.1) is 34.1 Å². The summed E-state index contributed by atoms with van der Waals surface area (Å²) >= 11 is 4.17. The number of non-ortho nitro benzene ring substituents is 1. The maximum atomic E-state index is 12.8. The highest BCUT2D eigenvalue weighted by Gasteiger charge is 2.36. The summed E-state index contributed by atoms with van der Waals surface area (Å²) in [6, 6.07) is 8.42. The number of carbonyl (C=O) groups excluding carboxylic acids is 3. The normalized spacial score (nSPS) is 14.6. The number of nitro benzene ring substituents is 1. The lowest BCUT2D eigenvalue weighted by molar-refractivity contribution is -0.384. The molecule has 0 bridgehead atoms. The number of benzene rings is 2. The van der Waals surface area contributed by atoms with E-state index in [9.17, 15) is 24.5 Å². The van der Waals surface area contributed by atoms with E-state index in [0.717, 1.165) is 16.7 Å². The van der Waals surface area contributed by atoms with Crippen molar-refractivity contribution in [3.05, 3.63) is 67.0 Å². The van der Waals surface area contributed by atoms with Gasteiger partial charge in [-0.3, -0.25) is 29.4 Å². The van der Waals surface area contributed by atoms with E-state index in [1.807, 2.05) is 13.8 Å². The summed E-state index contributed by atoms with van der Waals surface area (Å²) in [5.41, 5.74) is 0.620. The Morgan fingerprint density at radius 3 is 2.42 bits per heavy atom. The molecule has 1 saturated heterocycles. The van der Waals surface area contributed by atoms with Crippen molar-refractivity contribution in [2.75, 3.05) is 19.8 Å². The van der Waals surface area contributed by atoms with Crippen LogP contribution in [0.2, 0.25) is 0 Å². The molecule has 0 aliphatic carbocycles. The third-order valence-electron chi connectivity index (χ3n) is 4.49. The Morgan fingerprint density at radius 2 is 1.82 bits per heavy atom. The fraction of sp³-hybridized carbons (Fsp3) is 0.227. The lowest BCUT2D eigenvalue weighted by Crippen LogP contribution is -2.33. The summed E-state index contributed by atoms with van der Waals surface area (Å²) in [5, 5.41) is 10.2. The highest BCUT2D eigenvalue weighted by atomic mass is 79.9. The molecule has 0 saturated carbocycles. The van der Waals surface area contributed by atoms with Crippen molar-refractivity contribution < 1.29 is 28.8 Å².